The fraction of sp³-hybridized carbons (Fsp3) is 0.188. The Balaban J connectivity index is 1.55. The Morgan fingerprint density at radius 3 is 1.75 bits per heavy atom. The second kappa shape index (κ2) is 13.1. The fourth-order valence-electron chi connectivity index (χ4n) is 4.67. The number of amides is 1. The summed E-state index contributed by atoms with van der Waals surface area (Å²) in [4.78, 5) is 68.6. The van der Waals surface area contributed by atoms with Crippen LogP contribution in [-0.2, 0) is 18.9 Å². The summed E-state index contributed by atoms with van der Waals surface area (Å²) in [5.74, 6) is -3.35. The molecule has 0 radical (unpaired) electrons. The first-order valence-electron chi connectivity index (χ1n) is 13.5. The number of rotatable bonds is 9. The molecule has 1 aromatic heterocycles. The number of hydrogen-bond acceptors (Lipinski definition) is 10. The molecule has 12 heteroatoms. The zero-order chi connectivity index (χ0) is 31.2. The molecule has 1 aliphatic heterocycles. The van der Waals surface area contributed by atoms with Gasteiger partial charge >= 0.3 is 17.9 Å². The number of nitrogens with two attached hydrogens (primary N) is 1. The molecule has 1 saturated heterocycles. The monoisotopic (exact) mass is 597 g/mol. The van der Waals surface area contributed by atoms with Crippen LogP contribution in [0.3, 0.4) is 0 Å². The van der Waals surface area contributed by atoms with Crippen LogP contribution in [-0.4, -0.2) is 58.3 Å². The number of hydrogen-bond donors (Lipinski definition) is 1. The minimum atomic E-state index is -1.45. The fourth-order valence-corrected chi connectivity index (χ4v) is 4.67. The highest BCUT2D eigenvalue weighted by atomic mass is 16.7. The van der Waals surface area contributed by atoms with Gasteiger partial charge in [0.2, 0.25) is 0 Å². The largest absolute Gasteiger partial charge is 0.459 e. The van der Waals surface area contributed by atoms with Gasteiger partial charge in [0.25, 0.3) is 11.5 Å². The van der Waals surface area contributed by atoms with Gasteiger partial charge in [-0.2, -0.15) is 0 Å². The van der Waals surface area contributed by atoms with Crippen molar-refractivity contribution in [2.45, 2.75) is 31.5 Å². The van der Waals surface area contributed by atoms with Crippen LogP contribution in [0.2, 0.25) is 0 Å². The Morgan fingerprint density at radius 1 is 0.773 bits per heavy atom. The first-order chi connectivity index (χ1) is 21.2. The van der Waals surface area contributed by atoms with Crippen LogP contribution in [0.1, 0.15) is 53.5 Å². The molecule has 0 saturated carbocycles. The molecule has 12 nitrogen and oxygen atoms in total. The molecular formula is C32H27N3O9. The Morgan fingerprint density at radius 2 is 1.25 bits per heavy atom. The lowest BCUT2D eigenvalue weighted by Gasteiger charge is -2.25. The molecule has 0 aliphatic carbocycles. The molecule has 1 aliphatic rings. The third kappa shape index (κ3) is 6.55. The van der Waals surface area contributed by atoms with E-state index in [4.69, 9.17) is 24.7 Å². The number of nitrogens with zero attached hydrogens (tertiary/aromatic N) is 2. The van der Waals surface area contributed by atoms with Gasteiger partial charge in [0.05, 0.1) is 22.4 Å². The lowest BCUT2D eigenvalue weighted by atomic mass is 10.1. The third-order valence-electron chi connectivity index (χ3n) is 6.74. The summed E-state index contributed by atoms with van der Waals surface area (Å²) in [5, 5.41) is 0. The van der Waals surface area contributed by atoms with Crippen molar-refractivity contribution in [3.8, 4) is 0 Å². The molecule has 1 amide bonds. The molecule has 224 valence electrons. The molecule has 2 heterocycles. The van der Waals surface area contributed by atoms with E-state index >= 15 is 0 Å². The number of primary amides is 1. The number of carbonyl (C=O) groups is 4. The van der Waals surface area contributed by atoms with Crippen molar-refractivity contribution < 1.29 is 38.1 Å². The van der Waals surface area contributed by atoms with Gasteiger partial charge < -0.3 is 24.7 Å². The molecule has 4 atom stereocenters. The lowest BCUT2D eigenvalue weighted by Crippen LogP contribution is -2.43. The molecule has 1 fully saturated rings. The van der Waals surface area contributed by atoms with Gasteiger partial charge in [0.15, 0.2) is 24.1 Å². The van der Waals surface area contributed by atoms with E-state index in [0.29, 0.717) is 0 Å². The molecule has 2 N–H and O–H groups in total. The molecule has 4 aromatic rings. The van der Waals surface area contributed by atoms with Crippen molar-refractivity contribution in [2.75, 3.05) is 6.61 Å². The number of carbonyl (C=O) groups excluding carboxylic acids is 4. The number of esters is 3. The maximum absolute atomic E-state index is 13.3. The smallest absolute Gasteiger partial charge is 0.338 e. The highest BCUT2D eigenvalue weighted by Crippen LogP contribution is 2.35. The number of aryl methyl sites for hydroxylation is 1. The third-order valence-corrected chi connectivity index (χ3v) is 6.74. The van der Waals surface area contributed by atoms with E-state index in [1.165, 1.54) is 37.4 Å². The maximum Gasteiger partial charge on any atom is 0.338 e. The normalized spacial score (nSPS) is 19.1. The van der Waals surface area contributed by atoms with E-state index in [0.717, 1.165) is 4.57 Å². The van der Waals surface area contributed by atoms with E-state index in [1.807, 2.05) is 0 Å². The molecule has 3 aromatic carbocycles. The summed E-state index contributed by atoms with van der Waals surface area (Å²) in [6, 6.07) is 24.3. The van der Waals surface area contributed by atoms with Gasteiger partial charge in [-0.3, -0.25) is 14.2 Å². The SMILES string of the molecule is Cc1cn([C@@H]2O[C@H](COC(=O)c3ccccc3)[C@@H](OC(=O)c3ccccc3)[C@H]2OC(=O)c2ccccc2)c(=O)c(C(N)=O)n1. The maximum atomic E-state index is 13.3. The molecule has 0 spiro atoms. The van der Waals surface area contributed by atoms with Gasteiger partial charge in [0.1, 0.15) is 12.7 Å². The van der Waals surface area contributed by atoms with E-state index in [9.17, 15) is 24.0 Å². The lowest BCUT2D eigenvalue weighted by molar-refractivity contribution is -0.0637. The molecule has 0 unspecified atom stereocenters. The van der Waals surface area contributed by atoms with Crippen LogP contribution >= 0.6 is 0 Å². The number of benzene rings is 3. The van der Waals surface area contributed by atoms with E-state index in [-0.39, 0.29) is 22.4 Å². The molecule has 5 rings (SSSR count). The van der Waals surface area contributed by atoms with Gasteiger partial charge in [-0.05, 0) is 43.3 Å². The highest BCUT2D eigenvalue weighted by molar-refractivity contribution is 5.91. The van der Waals surface area contributed by atoms with Gasteiger partial charge in [-0.15, -0.1) is 0 Å². The second-order valence-electron chi connectivity index (χ2n) is 9.81. The Labute approximate surface area is 250 Å². The van der Waals surface area contributed by atoms with Crippen molar-refractivity contribution in [1.82, 2.24) is 9.55 Å². The van der Waals surface area contributed by atoms with Crippen LogP contribution in [0.25, 0.3) is 0 Å². The first-order valence-corrected chi connectivity index (χ1v) is 13.5. The van der Waals surface area contributed by atoms with E-state index in [1.54, 1.807) is 66.7 Å². The van der Waals surface area contributed by atoms with Crippen LogP contribution in [0.15, 0.2) is 102 Å². The number of ether oxygens (including phenoxy) is 4. The number of aromatic nitrogens is 2. The minimum absolute atomic E-state index is 0.175. The molecule has 0 bridgehead atoms. The van der Waals surface area contributed by atoms with Crippen molar-refractivity contribution >= 4 is 23.8 Å². The molecule has 44 heavy (non-hydrogen) atoms. The van der Waals surface area contributed by atoms with Crippen LogP contribution in [0.4, 0.5) is 0 Å². The summed E-state index contributed by atoms with van der Waals surface area (Å²) >= 11 is 0. The quantitative estimate of drug-likeness (QED) is 0.224. The van der Waals surface area contributed by atoms with Gasteiger partial charge in [0, 0.05) is 6.20 Å². The predicted molar refractivity (Wildman–Crippen MR) is 154 cm³/mol. The summed E-state index contributed by atoms with van der Waals surface area (Å²) in [6.45, 7) is 1.08. The van der Waals surface area contributed by atoms with Gasteiger partial charge in [-0.25, -0.2) is 19.4 Å². The van der Waals surface area contributed by atoms with Crippen LogP contribution < -0.4 is 11.3 Å². The summed E-state index contributed by atoms with van der Waals surface area (Å²) in [7, 11) is 0. The van der Waals surface area contributed by atoms with Gasteiger partial charge in [-0.1, -0.05) is 54.6 Å². The van der Waals surface area contributed by atoms with E-state index < -0.39 is 66.2 Å². The topological polar surface area (TPSA) is 166 Å². The first kappa shape index (κ1) is 29.9. The Kier molecular flexibility index (Phi) is 8.91. The standard InChI is InChI=1S/C32H27N3O9/c1-19-17-35(28(37)24(34-19)27(33)36)29-26(44-32(40)22-15-9-4-10-16-22)25(43-31(39)21-13-7-3-8-14-21)23(42-29)18-41-30(38)20-11-5-2-6-12-20/h2-17,23,25-26,29H,18H2,1H3,(H2,33,36)/t23-,25-,26-,29-/m1/s1. The summed E-state index contributed by atoms with van der Waals surface area (Å²) in [6.07, 6.45) is -4.19. The highest BCUT2D eigenvalue weighted by Gasteiger charge is 2.52. The summed E-state index contributed by atoms with van der Waals surface area (Å²) in [5.41, 5.74) is 4.76. The van der Waals surface area contributed by atoms with Crippen molar-refractivity contribution in [1.29, 1.82) is 0 Å². The Bertz CT molecular complexity index is 1730. The van der Waals surface area contributed by atoms with Crippen LogP contribution in [0.5, 0.6) is 0 Å². The predicted octanol–water partition coefficient (Wildman–Crippen LogP) is 2.86. The second-order valence-corrected chi connectivity index (χ2v) is 9.81. The van der Waals surface area contributed by atoms with Crippen LogP contribution in [0, 0.1) is 6.92 Å². The van der Waals surface area contributed by atoms with E-state index in [2.05, 4.69) is 4.98 Å². The molecular weight excluding hydrogens is 570 g/mol. The van der Waals surface area contributed by atoms with Crippen molar-refractivity contribution in [3.63, 3.8) is 0 Å². The zero-order valence-electron chi connectivity index (χ0n) is 23.4. The minimum Gasteiger partial charge on any atom is -0.459 e. The average Bonchev–Trinajstić information content (AvgIpc) is 3.37. The van der Waals surface area contributed by atoms with Crippen molar-refractivity contribution in [3.05, 3.63) is 136 Å². The Hall–Kier alpha value is -5.62. The average molecular weight is 598 g/mol. The van der Waals surface area contributed by atoms with Crippen molar-refractivity contribution in [2.24, 2.45) is 5.73 Å². The summed E-state index contributed by atoms with van der Waals surface area (Å²) < 4.78 is 24.3. The zero-order valence-corrected chi connectivity index (χ0v) is 23.4.